The van der Waals surface area contributed by atoms with Gasteiger partial charge in [0, 0.05) is 38.6 Å². The molecule has 0 unspecified atom stereocenters. The second-order valence-electron chi connectivity index (χ2n) is 5.33. The SMILES string of the molecule is CNc1ccnc(CN2CCc3ccccc3CC2)c1. The van der Waals surface area contributed by atoms with Crippen molar-refractivity contribution >= 4 is 5.69 Å². The molecular formula is C17H21N3. The van der Waals surface area contributed by atoms with Crippen molar-refractivity contribution in [1.29, 1.82) is 0 Å². The van der Waals surface area contributed by atoms with Crippen LogP contribution in [0.1, 0.15) is 16.8 Å². The molecule has 0 spiro atoms. The van der Waals surface area contributed by atoms with Crippen LogP contribution in [0.25, 0.3) is 0 Å². The number of nitrogens with one attached hydrogen (secondary N) is 1. The van der Waals surface area contributed by atoms with Gasteiger partial charge in [-0.25, -0.2) is 0 Å². The first kappa shape index (κ1) is 13.1. The Morgan fingerprint density at radius 1 is 1.10 bits per heavy atom. The highest BCUT2D eigenvalue weighted by Gasteiger charge is 2.14. The van der Waals surface area contributed by atoms with Gasteiger partial charge < -0.3 is 5.32 Å². The van der Waals surface area contributed by atoms with Gasteiger partial charge in [0.25, 0.3) is 0 Å². The highest BCUT2D eigenvalue weighted by atomic mass is 15.1. The Hall–Kier alpha value is -1.87. The zero-order chi connectivity index (χ0) is 13.8. The van der Waals surface area contributed by atoms with Crippen molar-refractivity contribution in [3.05, 3.63) is 59.4 Å². The van der Waals surface area contributed by atoms with Gasteiger partial charge in [0.2, 0.25) is 0 Å². The van der Waals surface area contributed by atoms with Crippen LogP contribution in [-0.4, -0.2) is 30.0 Å². The second-order valence-corrected chi connectivity index (χ2v) is 5.33. The molecule has 1 N–H and O–H groups in total. The molecule has 20 heavy (non-hydrogen) atoms. The smallest absolute Gasteiger partial charge is 0.0564 e. The lowest BCUT2D eigenvalue weighted by Crippen LogP contribution is -2.26. The van der Waals surface area contributed by atoms with E-state index in [1.807, 2.05) is 19.3 Å². The minimum absolute atomic E-state index is 0.934. The van der Waals surface area contributed by atoms with E-state index in [4.69, 9.17) is 0 Å². The Bertz CT molecular complexity index is 553. The number of aromatic nitrogens is 1. The van der Waals surface area contributed by atoms with Crippen LogP contribution in [0.3, 0.4) is 0 Å². The molecule has 1 aliphatic rings. The van der Waals surface area contributed by atoms with Crippen LogP contribution < -0.4 is 5.32 Å². The van der Waals surface area contributed by atoms with Crippen LogP contribution in [0.4, 0.5) is 5.69 Å². The van der Waals surface area contributed by atoms with E-state index in [1.54, 1.807) is 0 Å². The van der Waals surface area contributed by atoms with Gasteiger partial charge in [0.15, 0.2) is 0 Å². The Balaban J connectivity index is 1.68. The summed E-state index contributed by atoms with van der Waals surface area (Å²) in [5.41, 5.74) is 5.29. The van der Waals surface area contributed by atoms with Gasteiger partial charge in [-0.2, -0.15) is 0 Å². The Morgan fingerprint density at radius 2 is 1.80 bits per heavy atom. The monoisotopic (exact) mass is 267 g/mol. The van der Waals surface area contributed by atoms with Crippen molar-refractivity contribution in [2.75, 3.05) is 25.5 Å². The normalized spacial score (nSPS) is 15.4. The van der Waals surface area contributed by atoms with Gasteiger partial charge in [-0.1, -0.05) is 24.3 Å². The van der Waals surface area contributed by atoms with Crippen molar-refractivity contribution in [1.82, 2.24) is 9.88 Å². The van der Waals surface area contributed by atoms with E-state index in [0.717, 1.165) is 43.9 Å². The molecule has 3 nitrogen and oxygen atoms in total. The van der Waals surface area contributed by atoms with Crippen molar-refractivity contribution in [3.8, 4) is 0 Å². The van der Waals surface area contributed by atoms with E-state index >= 15 is 0 Å². The summed E-state index contributed by atoms with van der Waals surface area (Å²) < 4.78 is 0. The third kappa shape index (κ3) is 2.99. The lowest BCUT2D eigenvalue weighted by atomic mass is 10.0. The molecule has 3 rings (SSSR count). The van der Waals surface area contributed by atoms with Crippen LogP contribution in [0.15, 0.2) is 42.6 Å². The van der Waals surface area contributed by atoms with Gasteiger partial charge in [0.05, 0.1) is 5.69 Å². The average Bonchev–Trinajstić information content (AvgIpc) is 2.70. The van der Waals surface area contributed by atoms with E-state index in [1.165, 1.54) is 11.1 Å². The first-order chi connectivity index (χ1) is 9.85. The highest BCUT2D eigenvalue weighted by Crippen LogP contribution is 2.17. The van der Waals surface area contributed by atoms with Gasteiger partial charge in [-0.3, -0.25) is 9.88 Å². The number of pyridine rings is 1. The molecule has 1 aromatic heterocycles. The number of nitrogens with zero attached hydrogens (tertiary/aromatic N) is 2. The van der Waals surface area contributed by atoms with Crippen LogP contribution in [-0.2, 0) is 19.4 Å². The maximum atomic E-state index is 4.48. The first-order valence-corrected chi connectivity index (χ1v) is 7.27. The molecule has 0 fully saturated rings. The number of hydrogen-bond donors (Lipinski definition) is 1. The molecule has 0 radical (unpaired) electrons. The summed E-state index contributed by atoms with van der Waals surface area (Å²) in [6.07, 6.45) is 4.16. The van der Waals surface area contributed by atoms with Crippen LogP contribution in [0.2, 0.25) is 0 Å². The molecular weight excluding hydrogens is 246 g/mol. The fourth-order valence-electron chi connectivity index (χ4n) is 2.82. The molecule has 0 atom stereocenters. The summed E-state index contributed by atoms with van der Waals surface area (Å²) in [4.78, 5) is 6.98. The van der Waals surface area contributed by atoms with Crippen molar-refractivity contribution in [2.45, 2.75) is 19.4 Å². The molecule has 3 heteroatoms. The lowest BCUT2D eigenvalue weighted by Gasteiger charge is -2.19. The van der Waals surface area contributed by atoms with Crippen molar-refractivity contribution < 1.29 is 0 Å². The quantitative estimate of drug-likeness (QED) is 0.927. The summed E-state index contributed by atoms with van der Waals surface area (Å²) in [6, 6.07) is 13.0. The molecule has 2 aromatic rings. The summed E-state index contributed by atoms with van der Waals surface area (Å²) in [5.74, 6) is 0. The Labute approximate surface area is 120 Å². The predicted molar refractivity (Wildman–Crippen MR) is 82.9 cm³/mol. The molecule has 0 bridgehead atoms. The van der Waals surface area contributed by atoms with Gasteiger partial charge >= 0.3 is 0 Å². The fraction of sp³-hybridized carbons (Fsp3) is 0.353. The molecule has 0 saturated carbocycles. The summed E-state index contributed by atoms with van der Waals surface area (Å²) in [7, 11) is 1.95. The third-order valence-corrected chi connectivity index (χ3v) is 4.00. The maximum Gasteiger partial charge on any atom is 0.0564 e. The molecule has 2 heterocycles. The zero-order valence-corrected chi connectivity index (χ0v) is 12.0. The summed E-state index contributed by atoms with van der Waals surface area (Å²) in [6.45, 7) is 3.16. The van der Waals surface area contributed by atoms with Gasteiger partial charge in [-0.15, -0.1) is 0 Å². The molecule has 0 saturated heterocycles. The number of rotatable bonds is 3. The third-order valence-electron chi connectivity index (χ3n) is 4.00. The van der Waals surface area contributed by atoms with E-state index in [-0.39, 0.29) is 0 Å². The van der Waals surface area contributed by atoms with E-state index in [2.05, 4.69) is 45.5 Å². The molecule has 104 valence electrons. The van der Waals surface area contributed by atoms with Crippen LogP contribution >= 0.6 is 0 Å². The fourth-order valence-corrected chi connectivity index (χ4v) is 2.82. The maximum absolute atomic E-state index is 4.48. The van der Waals surface area contributed by atoms with Crippen LogP contribution in [0, 0.1) is 0 Å². The number of anilines is 1. The van der Waals surface area contributed by atoms with Crippen LogP contribution in [0.5, 0.6) is 0 Å². The molecule has 0 aliphatic carbocycles. The number of hydrogen-bond acceptors (Lipinski definition) is 3. The number of benzene rings is 1. The average molecular weight is 267 g/mol. The summed E-state index contributed by atoms with van der Waals surface area (Å²) >= 11 is 0. The predicted octanol–water partition coefficient (Wildman–Crippen LogP) is 2.72. The van der Waals surface area contributed by atoms with E-state index < -0.39 is 0 Å². The van der Waals surface area contributed by atoms with Crippen molar-refractivity contribution in [2.24, 2.45) is 0 Å². The van der Waals surface area contributed by atoms with E-state index in [0.29, 0.717) is 0 Å². The summed E-state index contributed by atoms with van der Waals surface area (Å²) in [5, 5.41) is 3.17. The lowest BCUT2D eigenvalue weighted by molar-refractivity contribution is 0.276. The second kappa shape index (κ2) is 6.06. The first-order valence-electron chi connectivity index (χ1n) is 7.27. The minimum atomic E-state index is 0.934. The van der Waals surface area contributed by atoms with E-state index in [9.17, 15) is 0 Å². The molecule has 0 amide bonds. The minimum Gasteiger partial charge on any atom is -0.388 e. The van der Waals surface area contributed by atoms with Gasteiger partial charge in [-0.05, 0) is 36.1 Å². The Morgan fingerprint density at radius 3 is 2.45 bits per heavy atom. The Kier molecular flexibility index (Phi) is 3.97. The zero-order valence-electron chi connectivity index (χ0n) is 12.0. The topological polar surface area (TPSA) is 28.2 Å². The number of fused-ring (bicyclic) bond motifs is 1. The van der Waals surface area contributed by atoms with Gasteiger partial charge in [0.1, 0.15) is 0 Å². The van der Waals surface area contributed by atoms with Crippen molar-refractivity contribution in [3.63, 3.8) is 0 Å². The molecule has 1 aliphatic heterocycles. The largest absolute Gasteiger partial charge is 0.388 e. The standard InChI is InChI=1S/C17H21N3/c1-18-16-6-9-19-17(12-16)13-20-10-7-14-4-2-3-5-15(14)8-11-20/h2-6,9,12H,7-8,10-11,13H2,1H3,(H,18,19). The molecule has 1 aromatic carbocycles. The highest BCUT2D eigenvalue weighted by molar-refractivity contribution is 5.42.